The van der Waals surface area contributed by atoms with E-state index in [4.69, 9.17) is 4.74 Å². The average molecular weight is 356 g/mol. The Hall–Kier alpha value is -2.32. The number of morpholine rings is 1. The Morgan fingerprint density at radius 3 is 2.81 bits per heavy atom. The van der Waals surface area contributed by atoms with Gasteiger partial charge in [0.15, 0.2) is 5.82 Å². The van der Waals surface area contributed by atoms with E-state index in [1.807, 2.05) is 15.7 Å². The molecule has 0 radical (unpaired) electrons. The molecule has 8 nitrogen and oxygen atoms in total. The van der Waals surface area contributed by atoms with E-state index in [1.54, 1.807) is 24.9 Å². The van der Waals surface area contributed by atoms with Crippen molar-refractivity contribution in [2.75, 3.05) is 45.9 Å². The fourth-order valence-corrected chi connectivity index (χ4v) is 3.74. The number of piperidine rings is 1. The normalized spacial score (nSPS) is 21.7. The second-order valence-electron chi connectivity index (χ2n) is 6.80. The van der Waals surface area contributed by atoms with Gasteiger partial charge < -0.3 is 9.64 Å². The van der Waals surface area contributed by atoms with Gasteiger partial charge in [-0.05, 0) is 19.4 Å². The summed E-state index contributed by atoms with van der Waals surface area (Å²) in [6.07, 6.45) is 10.9. The summed E-state index contributed by atoms with van der Waals surface area (Å²) >= 11 is 0. The maximum absolute atomic E-state index is 12.6. The number of aromatic nitrogens is 4. The number of hydrogen-bond donors (Lipinski definition) is 0. The third kappa shape index (κ3) is 3.76. The van der Waals surface area contributed by atoms with Crippen molar-refractivity contribution in [3.63, 3.8) is 0 Å². The molecule has 2 fully saturated rings. The molecule has 4 rings (SSSR count). The van der Waals surface area contributed by atoms with E-state index in [2.05, 4.69) is 19.9 Å². The van der Waals surface area contributed by atoms with Crippen LogP contribution in [0, 0.1) is 0 Å². The molecule has 4 heterocycles. The SMILES string of the molecule is O=C(CN1CCC[C@@H](c2nccnc2-n2ccnc2)C1)N1CCOCC1. The monoisotopic (exact) mass is 356 g/mol. The van der Waals surface area contributed by atoms with Gasteiger partial charge in [-0.25, -0.2) is 9.97 Å². The Labute approximate surface area is 152 Å². The Bertz CT molecular complexity index is 729. The van der Waals surface area contributed by atoms with Crippen molar-refractivity contribution in [1.82, 2.24) is 29.3 Å². The lowest BCUT2D eigenvalue weighted by molar-refractivity contribution is -0.136. The number of hydrogen-bond acceptors (Lipinski definition) is 6. The van der Waals surface area contributed by atoms with Crippen LogP contribution in [0.4, 0.5) is 0 Å². The van der Waals surface area contributed by atoms with Crippen molar-refractivity contribution >= 4 is 5.91 Å². The second kappa shape index (κ2) is 7.92. The van der Waals surface area contributed by atoms with Crippen molar-refractivity contribution in [2.45, 2.75) is 18.8 Å². The zero-order chi connectivity index (χ0) is 17.8. The number of imidazole rings is 1. The molecule has 138 valence electrons. The molecule has 0 unspecified atom stereocenters. The fourth-order valence-electron chi connectivity index (χ4n) is 3.74. The minimum absolute atomic E-state index is 0.197. The van der Waals surface area contributed by atoms with Gasteiger partial charge in [0.25, 0.3) is 0 Å². The largest absolute Gasteiger partial charge is 0.378 e. The Balaban J connectivity index is 1.45. The maximum atomic E-state index is 12.6. The molecule has 8 heteroatoms. The second-order valence-corrected chi connectivity index (χ2v) is 6.80. The molecule has 2 aromatic heterocycles. The van der Waals surface area contributed by atoms with Crippen molar-refractivity contribution in [3.05, 3.63) is 36.8 Å². The van der Waals surface area contributed by atoms with Crippen molar-refractivity contribution in [2.24, 2.45) is 0 Å². The molecule has 2 saturated heterocycles. The minimum Gasteiger partial charge on any atom is -0.378 e. The first-order valence-corrected chi connectivity index (χ1v) is 9.18. The van der Waals surface area contributed by atoms with Gasteiger partial charge in [0.1, 0.15) is 6.33 Å². The summed E-state index contributed by atoms with van der Waals surface area (Å²) < 4.78 is 7.24. The van der Waals surface area contributed by atoms with Gasteiger partial charge >= 0.3 is 0 Å². The fraction of sp³-hybridized carbons (Fsp3) is 0.556. The van der Waals surface area contributed by atoms with Crippen molar-refractivity contribution in [1.29, 1.82) is 0 Å². The van der Waals surface area contributed by atoms with Crippen LogP contribution in [0.5, 0.6) is 0 Å². The number of rotatable bonds is 4. The van der Waals surface area contributed by atoms with Crippen LogP contribution in [0.2, 0.25) is 0 Å². The molecule has 2 aliphatic heterocycles. The van der Waals surface area contributed by atoms with Gasteiger partial charge in [0, 0.05) is 50.3 Å². The molecule has 26 heavy (non-hydrogen) atoms. The Morgan fingerprint density at radius 1 is 1.15 bits per heavy atom. The van der Waals surface area contributed by atoms with Crippen LogP contribution in [-0.2, 0) is 9.53 Å². The third-order valence-corrected chi connectivity index (χ3v) is 5.07. The summed E-state index contributed by atoms with van der Waals surface area (Å²) in [5.41, 5.74) is 0.981. The number of ether oxygens (including phenoxy) is 1. The van der Waals surface area contributed by atoms with Gasteiger partial charge in [0.2, 0.25) is 5.91 Å². The lowest BCUT2D eigenvalue weighted by atomic mass is 9.94. The van der Waals surface area contributed by atoms with E-state index in [0.717, 1.165) is 37.4 Å². The summed E-state index contributed by atoms with van der Waals surface area (Å²) in [4.78, 5) is 29.9. The molecule has 0 aliphatic carbocycles. The first-order valence-electron chi connectivity index (χ1n) is 9.18. The van der Waals surface area contributed by atoms with E-state index in [9.17, 15) is 4.79 Å². The van der Waals surface area contributed by atoms with Crippen LogP contribution in [0.25, 0.3) is 5.82 Å². The zero-order valence-corrected chi connectivity index (χ0v) is 14.8. The van der Waals surface area contributed by atoms with Crippen LogP contribution in [0.15, 0.2) is 31.1 Å². The lowest BCUT2D eigenvalue weighted by Gasteiger charge is -2.34. The standard InChI is InChI=1S/C18H24N6O2/c25-16(23-8-10-26-11-9-23)13-22-6-1-2-15(12-22)17-18(21-4-3-20-17)24-7-5-19-14-24/h3-5,7,14-15H,1-2,6,8-13H2/t15-/m1/s1. The molecular formula is C18H24N6O2. The van der Waals surface area contributed by atoms with E-state index in [1.165, 1.54) is 0 Å². The molecule has 2 aromatic rings. The molecule has 0 bridgehead atoms. The lowest BCUT2D eigenvalue weighted by Crippen LogP contribution is -2.47. The summed E-state index contributed by atoms with van der Waals surface area (Å²) in [7, 11) is 0. The van der Waals surface area contributed by atoms with Crippen LogP contribution in [0.3, 0.4) is 0 Å². The van der Waals surface area contributed by atoms with Gasteiger partial charge in [-0.1, -0.05) is 0 Å². The Morgan fingerprint density at radius 2 is 2.00 bits per heavy atom. The first-order chi connectivity index (χ1) is 12.8. The van der Waals surface area contributed by atoms with Crippen molar-refractivity contribution in [3.8, 4) is 5.82 Å². The highest BCUT2D eigenvalue weighted by molar-refractivity contribution is 5.78. The molecule has 1 atom stereocenters. The van der Waals surface area contributed by atoms with Gasteiger partial charge in [0.05, 0.1) is 25.5 Å². The van der Waals surface area contributed by atoms with Gasteiger partial charge in [-0.15, -0.1) is 0 Å². The number of carbonyl (C=O) groups is 1. The summed E-state index contributed by atoms with van der Waals surface area (Å²) in [5, 5.41) is 0. The maximum Gasteiger partial charge on any atom is 0.236 e. The zero-order valence-electron chi connectivity index (χ0n) is 14.8. The Kier molecular flexibility index (Phi) is 5.21. The quantitative estimate of drug-likeness (QED) is 0.803. The van der Waals surface area contributed by atoms with E-state index >= 15 is 0 Å². The summed E-state index contributed by atoms with van der Waals surface area (Å²) in [6, 6.07) is 0. The van der Waals surface area contributed by atoms with Gasteiger partial charge in [-0.3, -0.25) is 19.2 Å². The molecule has 0 aromatic carbocycles. The average Bonchev–Trinajstić information content (AvgIpc) is 3.23. The number of carbonyl (C=O) groups excluding carboxylic acids is 1. The number of nitrogens with zero attached hydrogens (tertiary/aromatic N) is 6. The predicted molar refractivity (Wildman–Crippen MR) is 95.0 cm³/mol. The number of likely N-dealkylation sites (tertiary alicyclic amines) is 1. The van der Waals surface area contributed by atoms with Gasteiger partial charge in [-0.2, -0.15) is 0 Å². The smallest absolute Gasteiger partial charge is 0.236 e. The first kappa shape index (κ1) is 17.1. The van der Waals surface area contributed by atoms with E-state index in [-0.39, 0.29) is 11.8 Å². The minimum atomic E-state index is 0.197. The van der Waals surface area contributed by atoms with E-state index < -0.39 is 0 Å². The van der Waals surface area contributed by atoms with Crippen molar-refractivity contribution < 1.29 is 9.53 Å². The summed E-state index contributed by atoms with van der Waals surface area (Å²) in [5.74, 6) is 1.30. The molecular weight excluding hydrogens is 332 g/mol. The third-order valence-electron chi connectivity index (χ3n) is 5.07. The highest BCUT2D eigenvalue weighted by atomic mass is 16.5. The predicted octanol–water partition coefficient (Wildman–Crippen LogP) is 0.701. The topological polar surface area (TPSA) is 76.4 Å². The van der Waals surface area contributed by atoms with Crippen LogP contribution in [-0.4, -0.2) is 81.2 Å². The molecule has 0 spiro atoms. The molecule has 0 N–H and O–H groups in total. The highest BCUT2D eigenvalue weighted by Gasteiger charge is 2.28. The molecule has 1 amide bonds. The van der Waals surface area contributed by atoms with Crippen LogP contribution >= 0.6 is 0 Å². The highest BCUT2D eigenvalue weighted by Crippen LogP contribution is 2.28. The van der Waals surface area contributed by atoms with Crippen LogP contribution in [0.1, 0.15) is 24.5 Å². The van der Waals surface area contributed by atoms with E-state index in [0.29, 0.717) is 32.8 Å². The summed E-state index contributed by atoms with van der Waals surface area (Å²) in [6.45, 7) is 4.93. The number of amides is 1. The molecule has 2 aliphatic rings. The van der Waals surface area contributed by atoms with Crippen LogP contribution < -0.4 is 0 Å². The molecule has 0 saturated carbocycles.